The fraction of sp³-hybridized carbons (Fsp3) is 0.375. The lowest BCUT2D eigenvalue weighted by Crippen LogP contribution is -2.51. The Kier molecular flexibility index (Phi) is 7.56. The number of piperidine rings is 1. The van der Waals surface area contributed by atoms with Crippen LogP contribution in [0.15, 0.2) is 60.7 Å². The van der Waals surface area contributed by atoms with Crippen LogP contribution in [0, 0.1) is 0 Å². The van der Waals surface area contributed by atoms with Gasteiger partial charge in [-0.25, -0.2) is 4.79 Å². The molecule has 1 unspecified atom stereocenters. The molecule has 0 spiro atoms. The Morgan fingerprint density at radius 1 is 0.897 bits per heavy atom. The van der Waals surface area contributed by atoms with Gasteiger partial charge in [0.25, 0.3) is 5.91 Å². The Labute approximate surface area is 171 Å². The quantitative estimate of drug-likeness (QED) is 0.296. The molecule has 3 rings (SSSR count). The van der Waals surface area contributed by atoms with Crippen LogP contribution < -0.4 is 0 Å². The van der Waals surface area contributed by atoms with E-state index >= 15 is 0 Å². The van der Waals surface area contributed by atoms with E-state index in [4.69, 9.17) is 4.74 Å². The van der Waals surface area contributed by atoms with E-state index in [1.54, 1.807) is 30.3 Å². The molecule has 0 bridgehead atoms. The summed E-state index contributed by atoms with van der Waals surface area (Å²) in [6.07, 6.45) is 4.81. The van der Waals surface area contributed by atoms with Crippen LogP contribution >= 0.6 is 0 Å². The molecule has 29 heavy (non-hydrogen) atoms. The van der Waals surface area contributed by atoms with Crippen molar-refractivity contribution >= 4 is 17.7 Å². The predicted molar refractivity (Wildman–Crippen MR) is 110 cm³/mol. The molecular weight excluding hydrogens is 366 g/mol. The fourth-order valence-electron chi connectivity index (χ4n) is 3.61. The number of hydrogen-bond acceptors (Lipinski definition) is 4. The number of unbranched alkanes of at least 4 members (excludes halogenated alkanes) is 1. The van der Waals surface area contributed by atoms with Gasteiger partial charge in [-0.05, 0) is 44.1 Å². The summed E-state index contributed by atoms with van der Waals surface area (Å²) in [6, 6.07) is 18.0. The van der Waals surface area contributed by atoms with Crippen LogP contribution in [0.4, 0.5) is 0 Å². The lowest BCUT2D eigenvalue weighted by Gasteiger charge is -2.33. The van der Waals surface area contributed by atoms with Gasteiger partial charge in [-0.1, -0.05) is 60.7 Å². The van der Waals surface area contributed by atoms with E-state index in [0.29, 0.717) is 25.1 Å². The van der Waals surface area contributed by atoms with Crippen molar-refractivity contribution in [2.75, 3.05) is 13.2 Å². The first-order chi connectivity index (χ1) is 14.2. The highest BCUT2D eigenvalue weighted by Crippen LogP contribution is 2.20. The van der Waals surface area contributed by atoms with Crippen LogP contribution in [0.3, 0.4) is 0 Å². The first-order valence-electron chi connectivity index (χ1n) is 10.3. The van der Waals surface area contributed by atoms with Crippen LogP contribution in [0.25, 0.3) is 0 Å². The molecule has 1 aliphatic rings. The molecule has 152 valence electrons. The van der Waals surface area contributed by atoms with Gasteiger partial charge >= 0.3 is 5.97 Å². The minimum absolute atomic E-state index is 0.330. The number of likely N-dealkylation sites (tertiary alicyclic amines) is 1. The zero-order valence-electron chi connectivity index (χ0n) is 16.6. The van der Waals surface area contributed by atoms with Crippen molar-refractivity contribution in [2.45, 2.75) is 44.6 Å². The molecule has 5 heteroatoms. The van der Waals surface area contributed by atoms with Crippen molar-refractivity contribution in [3.63, 3.8) is 0 Å². The number of amides is 1. The Balaban J connectivity index is 1.50. The second kappa shape index (κ2) is 10.6. The first-order valence-corrected chi connectivity index (χ1v) is 10.3. The third kappa shape index (κ3) is 5.76. The minimum atomic E-state index is -0.668. The summed E-state index contributed by atoms with van der Waals surface area (Å²) in [5, 5.41) is 0. The third-order valence-corrected chi connectivity index (χ3v) is 5.21. The predicted octanol–water partition coefficient (Wildman–Crippen LogP) is 3.82. The van der Waals surface area contributed by atoms with Gasteiger partial charge in [0.2, 0.25) is 5.78 Å². The summed E-state index contributed by atoms with van der Waals surface area (Å²) in [4.78, 5) is 39.2. The summed E-state index contributed by atoms with van der Waals surface area (Å²) in [5.41, 5.74) is 1.61. The molecule has 2 aromatic rings. The van der Waals surface area contributed by atoms with Crippen molar-refractivity contribution in [3.8, 4) is 0 Å². The zero-order chi connectivity index (χ0) is 20.5. The SMILES string of the molecule is O=C(C(=O)N1CCCCC1C(=O)OCCCCc1ccccc1)c1ccccc1. The van der Waals surface area contributed by atoms with E-state index in [1.165, 1.54) is 10.5 Å². The maximum Gasteiger partial charge on any atom is 0.328 e. The number of nitrogens with zero attached hydrogens (tertiary/aromatic N) is 1. The van der Waals surface area contributed by atoms with Crippen molar-refractivity contribution in [1.82, 2.24) is 4.90 Å². The molecule has 5 nitrogen and oxygen atoms in total. The van der Waals surface area contributed by atoms with E-state index in [9.17, 15) is 14.4 Å². The summed E-state index contributed by atoms with van der Waals surface area (Å²) in [5.74, 6) is -1.60. The number of carbonyl (C=O) groups is 3. The molecule has 0 radical (unpaired) electrons. The van der Waals surface area contributed by atoms with Crippen LogP contribution in [0.5, 0.6) is 0 Å². The van der Waals surface area contributed by atoms with Gasteiger partial charge in [0.05, 0.1) is 6.61 Å². The van der Waals surface area contributed by atoms with Gasteiger partial charge in [0.15, 0.2) is 0 Å². The number of aryl methyl sites for hydroxylation is 1. The average Bonchev–Trinajstić information content (AvgIpc) is 2.79. The third-order valence-electron chi connectivity index (χ3n) is 5.21. The number of hydrogen-bond donors (Lipinski definition) is 0. The Morgan fingerprint density at radius 3 is 2.31 bits per heavy atom. The normalized spacial score (nSPS) is 16.3. The van der Waals surface area contributed by atoms with Gasteiger partial charge < -0.3 is 9.64 Å². The molecular formula is C24H27NO4. The molecule has 1 saturated heterocycles. The van der Waals surface area contributed by atoms with Gasteiger partial charge in [-0.15, -0.1) is 0 Å². The molecule has 1 amide bonds. The lowest BCUT2D eigenvalue weighted by molar-refractivity contribution is -0.155. The van der Waals surface area contributed by atoms with Gasteiger partial charge in [0, 0.05) is 12.1 Å². The van der Waals surface area contributed by atoms with E-state index < -0.39 is 23.7 Å². The van der Waals surface area contributed by atoms with Crippen molar-refractivity contribution in [3.05, 3.63) is 71.8 Å². The summed E-state index contributed by atoms with van der Waals surface area (Å²) < 4.78 is 5.44. The molecule has 0 N–H and O–H groups in total. The molecule has 1 aliphatic heterocycles. The second-order valence-corrected chi connectivity index (χ2v) is 7.32. The van der Waals surface area contributed by atoms with Crippen molar-refractivity contribution in [1.29, 1.82) is 0 Å². The van der Waals surface area contributed by atoms with Crippen LogP contribution in [0.1, 0.15) is 48.0 Å². The molecule has 0 aliphatic carbocycles. The smallest absolute Gasteiger partial charge is 0.328 e. The molecule has 1 fully saturated rings. The lowest BCUT2D eigenvalue weighted by atomic mass is 10.0. The van der Waals surface area contributed by atoms with Gasteiger partial charge in [0.1, 0.15) is 6.04 Å². The Morgan fingerprint density at radius 2 is 1.59 bits per heavy atom. The monoisotopic (exact) mass is 393 g/mol. The molecule has 1 heterocycles. The summed E-state index contributed by atoms with van der Waals surface area (Å²) >= 11 is 0. The number of Topliss-reactive ketones (excluding diaryl/α,β-unsaturated/α-hetero) is 1. The summed E-state index contributed by atoms with van der Waals surface area (Å²) in [6.45, 7) is 0.738. The number of benzene rings is 2. The first kappa shape index (κ1) is 20.8. The van der Waals surface area contributed by atoms with E-state index in [-0.39, 0.29) is 0 Å². The standard InChI is InChI=1S/C24H27NO4/c26-22(20-14-5-2-6-15-20)23(27)25-17-9-7-16-21(25)24(28)29-18-10-8-13-19-11-3-1-4-12-19/h1-6,11-12,14-15,21H,7-10,13,16-18H2. The van der Waals surface area contributed by atoms with Crippen LogP contribution in [-0.4, -0.2) is 41.8 Å². The summed E-state index contributed by atoms with van der Waals surface area (Å²) in [7, 11) is 0. The van der Waals surface area contributed by atoms with E-state index in [1.807, 2.05) is 18.2 Å². The van der Waals surface area contributed by atoms with Crippen molar-refractivity contribution in [2.24, 2.45) is 0 Å². The van der Waals surface area contributed by atoms with Crippen molar-refractivity contribution < 1.29 is 19.1 Å². The minimum Gasteiger partial charge on any atom is -0.464 e. The van der Waals surface area contributed by atoms with Gasteiger partial charge in [-0.2, -0.15) is 0 Å². The second-order valence-electron chi connectivity index (χ2n) is 7.32. The fourth-order valence-corrected chi connectivity index (χ4v) is 3.61. The van der Waals surface area contributed by atoms with Gasteiger partial charge in [-0.3, -0.25) is 9.59 Å². The molecule has 2 aromatic carbocycles. The Hall–Kier alpha value is -2.95. The highest BCUT2D eigenvalue weighted by molar-refractivity contribution is 6.43. The van der Waals surface area contributed by atoms with Crippen LogP contribution in [0.2, 0.25) is 0 Å². The molecule has 0 aromatic heterocycles. The number of ketones is 1. The number of rotatable bonds is 8. The van der Waals surface area contributed by atoms with Crippen LogP contribution in [-0.2, 0) is 20.7 Å². The highest BCUT2D eigenvalue weighted by atomic mass is 16.5. The zero-order valence-corrected chi connectivity index (χ0v) is 16.6. The maximum absolute atomic E-state index is 12.7. The van der Waals surface area contributed by atoms with E-state index in [0.717, 1.165) is 32.1 Å². The van der Waals surface area contributed by atoms with E-state index in [2.05, 4.69) is 12.1 Å². The highest BCUT2D eigenvalue weighted by Gasteiger charge is 2.36. The largest absolute Gasteiger partial charge is 0.464 e. The number of esters is 1. The molecule has 1 atom stereocenters. The Bertz CT molecular complexity index is 819. The molecule has 0 saturated carbocycles. The number of carbonyl (C=O) groups excluding carboxylic acids is 3. The maximum atomic E-state index is 12.7. The topological polar surface area (TPSA) is 63.7 Å². The number of ether oxygens (including phenoxy) is 1. The average molecular weight is 393 g/mol.